The molecule has 5 rings (SSSR count). The van der Waals surface area contributed by atoms with E-state index in [0.717, 1.165) is 10.3 Å². The van der Waals surface area contributed by atoms with Gasteiger partial charge in [-0.3, -0.25) is 9.59 Å². The predicted molar refractivity (Wildman–Crippen MR) is 139 cm³/mol. The van der Waals surface area contributed by atoms with Gasteiger partial charge in [-0.15, -0.1) is 0 Å². The maximum atomic E-state index is 13.2. The lowest BCUT2D eigenvalue weighted by atomic mass is 10.2. The summed E-state index contributed by atoms with van der Waals surface area (Å²) in [6.07, 6.45) is 5.77. The van der Waals surface area contributed by atoms with Gasteiger partial charge in [0.2, 0.25) is 10.6 Å². The minimum absolute atomic E-state index is 0.219. The number of rotatable bonds is 6. The molecule has 0 saturated carbocycles. The largest absolute Gasteiger partial charge is 0.497 e. The topological polar surface area (TPSA) is 85.0 Å². The lowest BCUT2D eigenvalue weighted by molar-refractivity contribution is -0.114. The minimum Gasteiger partial charge on any atom is -0.497 e. The molecule has 0 aliphatic carbocycles. The van der Waals surface area contributed by atoms with Crippen LogP contribution in [0.1, 0.15) is 11.1 Å². The van der Waals surface area contributed by atoms with E-state index >= 15 is 0 Å². The van der Waals surface area contributed by atoms with E-state index in [4.69, 9.17) is 9.15 Å². The molecule has 0 aliphatic rings. The van der Waals surface area contributed by atoms with Gasteiger partial charge >= 0.3 is 0 Å². The number of thiazole rings is 1. The van der Waals surface area contributed by atoms with Crippen LogP contribution in [0.5, 0.6) is 5.75 Å². The third-order valence-electron chi connectivity index (χ3n) is 5.21. The number of ether oxygens (including phenoxy) is 1. The van der Waals surface area contributed by atoms with Crippen LogP contribution < -0.4 is 15.2 Å². The number of methoxy groups -OCH3 is 1. The molecular weight excluding hydrogens is 462 g/mol. The zero-order valence-corrected chi connectivity index (χ0v) is 19.4. The third kappa shape index (κ3) is 4.73. The maximum absolute atomic E-state index is 13.2. The second kappa shape index (κ2) is 9.74. The smallest absolute Gasteiger partial charge is 0.273 e. The van der Waals surface area contributed by atoms with E-state index in [1.807, 2.05) is 42.5 Å². The van der Waals surface area contributed by atoms with Gasteiger partial charge in [-0.2, -0.15) is 10.1 Å². The molecule has 5 aromatic rings. The Hall–Kier alpha value is -4.56. The van der Waals surface area contributed by atoms with Gasteiger partial charge in [-0.25, -0.2) is 4.98 Å². The van der Waals surface area contributed by atoms with Crippen molar-refractivity contribution in [2.24, 2.45) is 5.10 Å². The second-order valence-electron chi connectivity index (χ2n) is 7.49. The van der Waals surface area contributed by atoms with Crippen LogP contribution >= 0.6 is 11.3 Å². The Labute approximate surface area is 204 Å². The van der Waals surface area contributed by atoms with Crippen molar-refractivity contribution >= 4 is 55.9 Å². The van der Waals surface area contributed by atoms with Crippen molar-refractivity contribution in [1.29, 1.82) is 0 Å². The van der Waals surface area contributed by atoms with Crippen molar-refractivity contribution < 1.29 is 13.9 Å². The summed E-state index contributed by atoms with van der Waals surface area (Å²) in [5, 5.41) is 6.31. The molecular formula is C27H19N3O4S. The van der Waals surface area contributed by atoms with Crippen LogP contribution in [0.3, 0.4) is 0 Å². The molecule has 2 heterocycles. The summed E-state index contributed by atoms with van der Waals surface area (Å²) in [7, 11) is 1.59. The first-order chi connectivity index (χ1) is 17.1. The van der Waals surface area contributed by atoms with Crippen molar-refractivity contribution in [3.63, 3.8) is 0 Å². The molecule has 0 bridgehead atoms. The number of fused-ring (bicyclic) bond motifs is 2. The first-order valence-corrected chi connectivity index (χ1v) is 11.5. The van der Waals surface area contributed by atoms with Crippen LogP contribution in [0.2, 0.25) is 0 Å². The molecule has 8 heteroatoms. The lowest BCUT2D eigenvalue weighted by Crippen LogP contribution is -2.24. The number of para-hydroxylation sites is 1. The summed E-state index contributed by atoms with van der Waals surface area (Å²) in [5.41, 5.74) is 2.03. The fourth-order valence-electron chi connectivity index (χ4n) is 3.42. The van der Waals surface area contributed by atoms with Crippen LogP contribution in [0.4, 0.5) is 5.13 Å². The SMILES string of the molecule is COc1ccc2nc(N(/N=C/c3coc4ccccc4c3=O)C(=O)/C=C/c3ccccc3)sc2c1. The highest BCUT2D eigenvalue weighted by Crippen LogP contribution is 2.32. The number of benzene rings is 3. The molecule has 0 fully saturated rings. The van der Waals surface area contributed by atoms with Gasteiger partial charge in [0.1, 0.15) is 17.6 Å². The van der Waals surface area contributed by atoms with Crippen molar-refractivity contribution in [2.45, 2.75) is 0 Å². The Kier molecular flexibility index (Phi) is 6.19. The van der Waals surface area contributed by atoms with Gasteiger partial charge in [0.15, 0.2) is 0 Å². The number of amides is 1. The maximum Gasteiger partial charge on any atom is 0.273 e. The molecule has 0 spiro atoms. The van der Waals surface area contributed by atoms with Crippen LogP contribution in [-0.4, -0.2) is 24.2 Å². The van der Waals surface area contributed by atoms with E-state index in [-0.39, 0.29) is 11.0 Å². The van der Waals surface area contributed by atoms with Gasteiger partial charge in [0.05, 0.1) is 34.5 Å². The summed E-state index contributed by atoms with van der Waals surface area (Å²) >= 11 is 1.29. The fraction of sp³-hybridized carbons (Fsp3) is 0.0370. The average Bonchev–Trinajstić information content (AvgIpc) is 3.32. The molecule has 1 amide bonds. The van der Waals surface area contributed by atoms with Crippen molar-refractivity contribution in [1.82, 2.24) is 4.98 Å². The van der Waals surface area contributed by atoms with Gasteiger partial charge in [-0.1, -0.05) is 53.8 Å². The Morgan fingerprint density at radius 2 is 1.89 bits per heavy atom. The Balaban J connectivity index is 1.54. The number of carbonyl (C=O) groups is 1. The fourth-order valence-corrected chi connectivity index (χ4v) is 4.37. The number of nitrogens with zero attached hydrogens (tertiary/aromatic N) is 3. The number of hydrazone groups is 1. The van der Waals surface area contributed by atoms with Gasteiger partial charge in [0.25, 0.3) is 5.91 Å². The monoisotopic (exact) mass is 481 g/mol. The number of aromatic nitrogens is 1. The van der Waals surface area contributed by atoms with Crippen molar-refractivity contribution in [2.75, 3.05) is 12.1 Å². The van der Waals surface area contributed by atoms with Crippen molar-refractivity contribution in [3.8, 4) is 5.75 Å². The second-order valence-corrected chi connectivity index (χ2v) is 8.49. The third-order valence-corrected chi connectivity index (χ3v) is 6.20. The van der Waals surface area contributed by atoms with Crippen LogP contribution in [0, 0.1) is 0 Å². The molecule has 0 saturated heterocycles. The highest BCUT2D eigenvalue weighted by atomic mass is 32.1. The Morgan fingerprint density at radius 1 is 1.09 bits per heavy atom. The first-order valence-electron chi connectivity index (χ1n) is 10.7. The summed E-state index contributed by atoms with van der Waals surface area (Å²) in [6, 6.07) is 21.9. The Morgan fingerprint density at radius 3 is 2.71 bits per heavy atom. The highest BCUT2D eigenvalue weighted by molar-refractivity contribution is 7.22. The molecule has 0 atom stereocenters. The number of hydrogen-bond acceptors (Lipinski definition) is 7. The summed E-state index contributed by atoms with van der Waals surface area (Å²) in [5.74, 6) is 0.271. The lowest BCUT2D eigenvalue weighted by Gasteiger charge is -2.11. The van der Waals surface area contributed by atoms with Crippen molar-refractivity contribution in [3.05, 3.63) is 106 Å². The molecule has 0 unspecified atom stereocenters. The summed E-state index contributed by atoms with van der Waals surface area (Å²) < 4.78 is 11.7. The Bertz CT molecular complexity index is 1640. The molecule has 172 valence electrons. The average molecular weight is 482 g/mol. The number of carbonyl (C=O) groups excluding carboxylic acids is 1. The molecule has 35 heavy (non-hydrogen) atoms. The quantitative estimate of drug-likeness (QED) is 0.182. The molecule has 7 nitrogen and oxygen atoms in total. The summed E-state index contributed by atoms with van der Waals surface area (Å²) in [4.78, 5) is 30.6. The van der Waals surface area contributed by atoms with Gasteiger partial charge in [-0.05, 0) is 42.0 Å². The zero-order chi connectivity index (χ0) is 24.2. The molecule has 3 aromatic carbocycles. The molecule has 2 aromatic heterocycles. The van der Waals surface area contributed by atoms with Crippen LogP contribution in [0.25, 0.3) is 27.3 Å². The summed E-state index contributed by atoms with van der Waals surface area (Å²) in [6.45, 7) is 0. The molecule has 0 aliphatic heterocycles. The van der Waals surface area contributed by atoms with E-state index in [1.165, 1.54) is 34.9 Å². The van der Waals surface area contributed by atoms with Crippen LogP contribution in [0.15, 0.2) is 99.4 Å². The van der Waals surface area contributed by atoms with Gasteiger partial charge in [0, 0.05) is 6.08 Å². The zero-order valence-electron chi connectivity index (χ0n) is 18.6. The standard InChI is InChI=1S/C27H19N3O4S/c1-33-20-12-13-22-24(15-20)35-27(29-22)30(25(31)14-11-18-7-3-2-4-8-18)28-16-19-17-34-23-10-6-5-9-21(23)26(19)32/h2-17H,1H3/b14-11+,28-16+. The van der Waals surface area contributed by atoms with E-state index in [1.54, 1.807) is 43.5 Å². The number of anilines is 1. The van der Waals surface area contributed by atoms with E-state index in [0.29, 0.717) is 27.4 Å². The van der Waals surface area contributed by atoms with E-state index < -0.39 is 5.91 Å². The van der Waals surface area contributed by atoms with Gasteiger partial charge < -0.3 is 9.15 Å². The predicted octanol–water partition coefficient (Wildman–Crippen LogP) is 5.49. The number of hydrogen-bond donors (Lipinski definition) is 0. The highest BCUT2D eigenvalue weighted by Gasteiger charge is 2.18. The minimum atomic E-state index is -0.415. The van der Waals surface area contributed by atoms with Crippen LogP contribution in [-0.2, 0) is 4.79 Å². The van der Waals surface area contributed by atoms with E-state index in [2.05, 4.69) is 10.1 Å². The first kappa shape index (κ1) is 22.2. The molecule has 0 N–H and O–H groups in total. The normalized spacial score (nSPS) is 11.6. The molecule has 0 radical (unpaired) electrons. The van der Waals surface area contributed by atoms with E-state index in [9.17, 15) is 9.59 Å².